The SMILES string of the molecule is CCC1(CC)C(=O)NC(=O)N(CC2CCCCN2C)C1=O. The van der Waals surface area contributed by atoms with E-state index in [1.807, 2.05) is 20.9 Å². The predicted molar refractivity (Wildman–Crippen MR) is 78.5 cm³/mol. The molecule has 2 saturated heterocycles. The minimum absolute atomic E-state index is 0.188. The summed E-state index contributed by atoms with van der Waals surface area (Å²) in [6.07, 6.45) is 4.08. The summed E-state index contributed by atoms with van der Waals surface area (Å²) < 4.78 is 0. The Hall–Kier alpha value is -1.43. The topological polar surface area (TPSA) is 69.7 Å². The van der Waals surface area contributed by atoms with E-state index in [2.05, 4.69) is 10.2 Å². The summed E-state index contributed by atoms with van der Waals surface area (Å²) in [4.78, 5) is 40.4. The lowest BCUT2D eigenvalue weighted by atomic mass is 9.78. The van der Waals surface area contributed by atoms with Crippen LogP contribution in [0.25, 0.3) is 0 Å². The first kappa shape index (κ1) is 15.9. The van der Waals surface area contributed by atoms with E-state index in [0.717, 1.165) is 25.8 Å². The average Bonchev–Trinajstić information content (AvgIpc) is 2.46. The second kappa shape index (κ2) is 6.13. The fourth-order valence-electron chi connectivity index (χ4n) is 3.36. The molecule has 0 aromatic heterocycles. The molecule has 0 saturated carbocycles. The smallest absolute Gasteiger partial charge is 0.302 e. The second-order valence-corrected chi connectivity index (χ2v) is 6.09. The fraction of sp³-hybridized carbons (Fsp3) is 0.800. The molecule has 0 spiro atoms. The van der Waals surface area contributed by atoms with Gasteiger partial charge in [-0.05, 0) is 39.3 Å². The number of nitrogens with one attached hydrogen (secondary N) is 1. The Morgan fingerprint density at radius 3 is 2.43 bits per heavy atom. The number of likely N-dealkylation sites (tertiary alicyclic amines) is 1. The van der Waals surface area contributed by atoms with Gasteiger partial charge in [-0.15, -0.1) is 0 Å². The van der Waals surface area contributed by atoms with Crippen LogP contribution in [0.4, 0.5) is 4.79 Å². The molecule has 0 aromatic carbocycles. The van der Waals surface area contributed by atoms with Crippen LogP contribution in [0.15, 0.2) is 0 Å². The third-order valence-electron chi connectivity index (χ3n) is 5.08. The molecule has 0 radical (unpaired) electrons. The van der Waals surface area contributed by atoms with Crippen LogP contribution >= 0.6 is 0 Å². The van der Waals surface area contributed by atoms with Gasteiger partial charge in [0.05, 0.1) is 0 Å². The summed E-state index contributed by atoms with van der Waals surface area (Å²) >= 11 is 0. The number of hydrogen-bond acceptors (Lipinski definition) is 4. The van der Waals surface area contributed by atoms with E-state index < -0.39 is 17.4 Å². The predicted octanol–water partition coefficient (Wildman–Crippen LogP) is 1.36. The standard InChI is InChI=1S/C15H25N3O3/c1-4-15(5-2)12(19)16-14(21)18(13(15)20)10-11-8-6-7-9-17(11)3/h11H,4-10H2,1-3H3,(H,16,19,21). The Morgan fingerprint density at radius 2 is 1.86 bits per heavy atom. The first-order chi connectivity index (χ1) is 9.96. The van der Waals surface area contributed by atoms with Crippen molar-refractivity contribution in [1.29, 1.82) is 0 Å². The lowest BCUT2D eigenvalue weighted by molar-refractivity contribution is -0.152. The summed E-state index contributed by atoms with van der Waals surface area (Å²) in [6.45, 7) is 5.00. The number of imide groups is 2. The molecule has 6 nitrogen and oxygen atoms in total. The molecule has 0 aromatic rings. The average molecular weight is 295 g/mol. The Kier molecular flexibility index (Phi) is 4.66. The molecule has 2 heterocycles. The molecule has 2 rings (SSSR count). The number of hydrogen-bond donors (Lipinski definition) is 1. The van der Waals surface area contributed by atoms with Gasteiger partial charge in [0.1, 0.15) is 5.41 Å². The molecule has 2 aliphatic heterocycles. The van der Waals surface area contributed by atoms with Crippen LogP contribution in [0.2, 0.25) is 0 Å². The van der Waals surface area contributed by atoms with Crippen molar-refractivity contribution in [2.75, 3.05) is 20.1 Å². The van der Waals surface area contributed by atoms with E-state index in [4.69, 9.17) is 0 Å². The summed E-state index contributed by atoms with van der Waals surface area (Å²) in [5, 5.41) is 2.37. The maximum absolute atomic E-state index is 12.7. The fourth-order valence-corrected chi connectivity index (χ4v) is 3.36. The highest BCUT2D eigenvalue weighted by molar-refractivity contribution is 6.19. The molecule has 21 heavy (non-hydrogen) atoms. The van der Waals surface area contributed by atoms with E-state index in [1.54, 1.807) is 0 Å². The molecule has 118 valence electrons. The maximum atomic E-state index is 12.7. The van der Waals surface area contributed by atoms with Crippen molar-refractivity contribution < 1.29 is 14.4 Å². The third kappa shape index (κ3) is 2.69. The van der Waals surface area contributed by atoms with Crippen molar-refractivity contribution in [3.8, 4) is 0 Å². The monoisotopic (exact) mass is 295 g/mol. The minimum atomic E-state index is -1.08. The molecule has 0 aliphatic carbocycles. The molecule has 1 unspecified atom stereocenters. The first-order valence-corrected chi connectivity index (χ1v) is 7.84. The van der Waals surface area contributed by atoms with E-state index >= 15 is 0 Å². The summed E-state index contributed by atoms with van der Waals surface area (Å²) in [7, 11) is 2.02. The Bertz CT molecular complexity index is 445. The number of nitrogens with zero attached hydrogens (tertiary/aromatic N) is 2. The quantitative estimate of drug-likeness (QED) is 0.795. The van der Waals surface area contributed by atoms with Gasteiger partial charge >= 0.3 is 6.03 Å². The van der Waals surface area contributed by atoms with E-state index in [-0.39, 0.29) is 11.9 Å². The highest BCUT2D eigenvalue weighted by atomic mass is 16.2. The van der Waals surface area contributed by atoms with Gasteiger partial charge in [0.15, 0.2) is 0 Å². The zero-order chi connectivity index (χ0) is 15.6. The summed E-state index contributed by atoms with van der Waals surface area (Å²) in [6, 6.07) is -0.380. The van der Waals surface area contributed by atoms with Gasteiger partial charge < -0.3 is 4.90 Å². The molecule has 2 aliphatic rings. The molecular formula is C15H25N3O3. The summed E-state index contributed by atoms with van der Waals surface area (Å²) in [5.41, 5.74) is -1.08. The highest BCUT2D eigenvalue weighted by Crippen LogP contribution is 2.33. The number of carbonyl (C=O) groups excluding carboxylic acids is 3. The van der Waals surface area contributed by atoms with Crippen LogP contribution in [-0.4, -0.2) is 53.8 Å². The third-order valence-corrected chi connectivity index (χ3v) is 5.08. The molecule has 1 atom stereocenters. The lowest BCUT2D eigenvalue weighted by Crippen LogP contribution is -2.65. The first-order valence-electron chi connectivity index (χ1n) is 7.84. The molecular weight excluding hydrogens is 270 g/mol. The number of amides is 4. The van der Waals surface area contributed by atoms with Gasteiger partial charge in [0.2, 0.25) is 11.8 Å². The minimum Gasteiger partial charge on any atom is -0.302 e. The van der Waals surface area contributed by atoms with Crippen LogP contribution in [0, 0.1) is 5.41 Å². The van der Waals surface area contributed by atoms with Crippen molar-refractivity contribution in [2.24, 2.45) is 5.41 Å². The Balaban J connectivity index is 2.19. The lowest BCUT2D eigenvalue weighted by Gasteiger charge is -2.41. The number of likely N-dealkylation sites (N-methyl/N-ethyl adjacent to an activating group) is 1. The van der Waals surface area contributed by atoms with Gasteiger partial charge in [0, 0.05) is 12.6 Å². The van der Waals surface area contributed by atoms with Crippen molar-refractivity contribution in [2.45, 2.75) is 52.0 Å². The maximum Gasteiger partial charge on any atom is 0.330 e. The van der Waals surface area contributed by atoms with Crippen molar-refractivity contribution in [3.63, 3.8) is 0 Å². The molecule has 1 N–H and O–H groups in total. The zero-order valence-electron chi connectivity index (χ0n) is 13.1. The Morgan fingerprint density at radius 1 is 1.19 bits per heavy atom. The number of carbonyl (C=O) groups is 3. The van der Waals surface area contributed by atoms with Gasteiger partial charge in [-0.3, -0.25) is 19.8 Å². The zero-order valence-corrected chi connectivity index (χ0v) is 13.1. The van der Waals surface area contributed by atoms with Crippen LogP contribution < -0.4 is 5.32 Å². The van der Waals surface area contributed by atoms with E-state index in [1.165, 1.54) is 4.90 Å². The van der Waals surface area contributed by atoms with E-state index in [9.17, 15) is 14.4 Å². The number of rotatable bonds is 4. The number of piperidine rings is 1. The molecule has 0 bridgehead atoms. The molecule has 2 fully saturated rings. The van der Waals surface area contributed by atoms with Gasteiger partial charge in [0.25, 0.3) is 0 Å². The van der Waals surface area contributed by atoms with Gasteiger partial charge in [-0.2, -0.15) is 0 Å². The Labute approximate surface area is 125 Å². The number of barbiturate groups is 1. The van der Waals surface area contributed by atoms with Gasteiger partial charge in [-0.1, -0.05) is 20.3 Å². The van der Waals surface area contributed by atoms with Crippen molar-refractivity contribution >= 4 is 17.8 Å². The number of urea groups is 1. The second-order valence-electron chi connectivity index (χ2n) is 6.09. The van der Waals surface area contributed by atoms with Gasteiger partial charge in [-0.25, -0.2) is 4.79 Å². The van der Waals surface area contributed by atoms with Crippen molar-refractivity contribution in [3.05, 3.63) is 0 Å². The van der Waals surface area contributed by atoms with E-state index in [0.29, 0.717) is 19.4 Å². The normalized spacial score (nSPS) is 26.9. The van der Waals surface area contributed by atoms with Crippen molar-refractivity contribution in [1.82, 2.24) is 15.1 Å². The summed E-state index contributed by atoms with van der Waals surface area (Å²) in [5.74, 6) is -0.782. The van der Waals surface area contributed by atoms with Crippen LogP contribution in [0.5, 0.6) is 0 Å². The molecule has 6 heteroatoms. The molecule has 4 amide bonds. The largest absolute Gasteiger partial charge is 0.330 e. The van der Waals surface area contributed by atoms with Crippen LogP contribution in [-0.2, 0) is 9.59 Å². The van der Waals surface area contributed by atoms with Crippen LogP contribution in [0.1, 0.15) is 46.0 Å². The highest BCUT2D eigenvalue weighted by Gasteiger charge is 2.51. The van der Waals surface area contributed by atoms with Crippen LogP contribution in [0.3, 0.4) is 0 Å².